The fourth-order valence-corrected chi connectivity index (χ4v) is 1.62. The van der Waals surface area contributed by atoms with Crippen LogP contribution in [0.2, 0.25) is 0 Å². The molecule has 6 nitrogen and oxygen atoms in total. The van der Waals surface area contributed by atoms with Crippen molar-refractivity contribution in [1.82, 2.24) is 0 Å². The van der Waals surface area contributed by atoms with Crippen LogP contribution in [0.5, 0.6) is 0 Å². The van der Waals surface area contributed by atoms with Crippen molar-refractivity contribution in [2.75, 3.05) is 0 Å². The van der Waals surface area contributed by atoms with Crippen molar-refractivity contribution in [3.8, 4) is 0 Å². The Labute approximate surface area is 91.3 Å². The molecule has 0 saturated heterocycles. The third-order valence-electron chi connectivity index (χ3n) is 3.20. The number of hydrogen-bond acceptors (Lipinski definition) is 4. The molecule has 0 spiro atoms. The number of hydrogen-bond donors (Lipinski definition) is 2. The van der Waals surface area contributed by atoms with Crippen LogP contribution in [0.15, 0.2) is 0 Å². The lowest BCUT2D eigenvalue weighted by Gasteiger charge is -2.35. The molecular formula is C10H12O6. The molecule has 0 aromatic rings. The van der Waals surface area contributed by atoms with Gasteiger partial charge in [-0.05, 0) is 13.8 Å². The molecule has 16 heavy (non-hydrogen) atoms. The van der Waals surface area contributed by atoms with Gasteiger partial charge in [-0.15, -0.1) is 0 Å². The van der Waals surface area contributed by atoms with E-state index in [1.165, 1.54) is 0 Å². The topological polar surface area (TPSA) is 109 Å². The van der Waals surface area contributed by atoms with Gasteiger partial charge in [0.15, 0.2) is 11.6 Å². The predicted octanol–water partition coefficient (Wildman–Crippen LogP) is 0.100. The molecule has 0 amide bonds. The number of carbonyl (C=O) groups excluding carboxylic acids is 2. The first-order chi connectivity index (χ1) is 7.14. The van der Waals surface area contributed by atoms with Gasteiger partial charge >= 0.3 is 11.9 Å². The maximum atomic E-state index is 11.6. The zero-order valence-corrected chi connectivity index (χ0v) is 8.94. The van der Waals surface area contributed by atoms with E-state index in [4.69, 9.17) is 10.2 Å². The van der Waals surface area contributed by atoms with Gasteiger partial charge in [0, 0.05) is 12.8 Å². The first-order valence-corrected chi connectivity index (χ1v) is 4.68. The summed E-state index contributed by atoms with van der Waals surface area (Å²) in [4.78, 5) is 45.0. The highest BCUT2D eigenvalue weighted by Crippen LogP contribution is 2.40. The van der Waals surface area contributed by atoms with Gasteiger partial charge in [-0.3, -0.25) is 19.2 Å². The monoisotopic (exact) mass is 228 g/mol. The van der Waals surface area contributed by atoms with Crippen LogP contribution in [0, 0.1) is 10.8 Å². The Morgan fingerprint density at radius 3 is 1.38 bits per heavy atom. The quantitative estimate of drug-likeness (QED) is 0.649. The van der Waals surface area contributed by atoms with E-state index < -0.39 is 47.2 Å². The number of carboxylic acids is 2. The van der Waals surface area contributed by atoms with Crippen molar-refractivity contribution in [2.24, 2.45) is 10.8 Å². The summed E-state index contributed by atoms with van der Waals surface area (Å²) in [6.45, 7) is 2.30. The summed E-state index contributed by atoms with van der Waals surface area (Å²) < 4.78 is 0. The second kappa shape index (κ2) is 3.40. The zero-order valence-electron chi connectivity index (χ0n) is 8.94. The summed E-state index contributed by atoms with van der Waals surface area (Å²) in [5, 5.41) is 17.7. The molecule has 0 bridgehead atoms. The molecule has 1 saturated carbocycles. The highest BCUT2D eigenvalue weighted by molar-refractivity contribution is 6.16. The van der Waals surface area contributed by atoms with Crippen molar-refractivity contribution >= 4 is 23.5 Å². The first-order valence-electron chi connectivity index (χ1n) is 4.68. The van der Waals surface area contributed by atoms with Crippen LogP contribution in [-0.2, 0) is 19.2 Å². The number of carbonyl (C=O) groups is 4. The van der Waals surface area contributed by atoms with Gasteiger partial charge in [-0.1, -0.05) is 0 Å². The Kier molecular flexibility index (Phi) is 2.62. The minimum absolute atomic E-state index is 0.566. The molecule has 1 fully saturated rings. The van der Waals surface area contributed by atoms with Crippen molar-refractivity contribution in [3.05, 3.63) is 0 Å². The van der Waals surface area contributed by atoms with E-state index >= 15 is 0 Å². The van der Waals surface area contributed by atoms with Gasteiger partial charge in [0.05, 0.1) is 0 Å². The normalized spacial score (nSPS) is 34.9. The molecule has 88 valence electrons. The lowest BCUT2D eigenvalue weighted by Crippen LogP contribution is -2.52. The fraction of sp³-hybridized carbons (Fsp3) is 0.600. The second-order valence-electron chi connectivity index (χ2n) is 4.47. The molecule has 0 aliphatic heterocycles. The summed E-state index contributed by atoms with van der Waals surface area (Å²) in [6, 6.07) is 0. The maximum Gasteiger partial charge on any atom is 0.317 e. The Balaban J connectivity index is 3.14. The molecule has 0 radical (unpaired) electrons. The van der Waals surface area contributed by atoms with E-state index in [2.05, 4.69) is 0 Å². The summed E-state index contributed by atoms with van der Waals surface area (Å²) in [7, 11) is 0. The summed E-state index contributed by atoms with van der Waals surface area (Å²) in [5.74, 6) is -4.22. The van der Waals surface area contributed by atoms with Crippen molar-refractivity contribution in [2.45, 2.75) is 26.7 Å². The molecule has 2 N–H and O–H groups in total. The number of carboxylic acid groups (broad SMARTS) is 2. The van der Waals surface area contributed by atoms with Gasteiger partial charge < -0.3 is 10.2 Å². The number of rotatable bonds is 2. The second-order valence-corrected chi connectivity index (χ2v) is 4.47. The maximum absolute atomic E-state index is 11.6. The van der Waals surface area contributed by atoms with E-state index in [-0.39, 0.29) is 0 Å². The van der Waals surface area contributed by atoms with E-state index in [1.54, 1.807) is 0 Å². The Bertz CT molecular complexity index is 360. The van der Waals surface area contributed by atoms with Crippen LogP contribution in [0.3, 0.4) is 0 Å². The molecule has 2 unspecified atom stereocenters. The molecule has 0 aromatic heterocycles. The smallest absolute Gasteiger partial charge is 0.317 e. The molecule has 1 aliphatic rings. The Morgan fingerprint density at radius 2 is 1.19 bits per heavy atom. The van der Waals surface area contributed by atoms with E-state index in [1.807, 2.05) is 0 Å². The highest BCUT2D eigenvalue weighted by atomic mass is 16.4. The minimum Gasteiger partial charge on any atom is -0.480 e. The molecule has 0 aromatic carbocycles. The van der Waals surface area contributed by atoms with Gasteiger partial charge in [0.2, 0.25) is 0 Å². The SMILES string of the molecule is CC1(C(=O)O)CC(=O)C(C)(C(=O)O)CC1=O. The summed E-state index contributed by atoms with van der Waals surface area (Å²) in [5.41, 5.74) is -3.57. The number of ketones is 2. The van der Waals surface area contributed by atoms with Gasteiger partial charge in [-0.25, -0.2) is 0 Å². The van der Waals surface area contributed by atoms with Crippen LogP contribution >= 0.6 is 0 Å². The fourth-order valence-electron chi connectivity index (χ4n) is 1.62. The largest absolute Gasteiger partial charge is 0.480 e. The lowest BCUT2D eigenvalue weighted by molar-refractivity contribution is -0.169. The third kappa shape index (κ3) is 1.50. The van der Waals surface area contributed by atoms with Gasteiger partial charge in [0.25, 0.3) is 0 Å². The van der Waals surface area contributed by atoms with Crippen LogP contribution < -0.4 is 0 Å². The average Bonchev–Trinajstić information content (AvgIpc) is 2.14. The van der Waals surface area contributed by atoms with Crippen molar-refractivity contribution in [1.29, 1.82) is 0 Å². The predicted molar refractivity (Wildman–Crippen MR) is 50.7 cm³/mol. The van der Waals surface area contributed by atoms with Crippen LogP contribution in [-0.4, -0.2) is 33.7 Å². The molecule has 1 aliphatic carbocycles. The standard InChI is InChI=1S/C10H12O6/c1-9(7(13)14)3-6(12)10(2,8(15)16)4-5(9)11/h3-4H2,1-2H3,(H,13,14)(H,15,16). The zero-order chi connectivity index (χ0) is 12.7. The van der Waals surface area contributed by atoms with Crippen molar-refractivity contribution in [3.63, 3.8) is 0 Å². The Hall–Kier alpha value is -1.72. The molecule has 1 rings (SSSR count). The van der Waals surface area contributed by atoms with Crippen LogP contribution in [0.25, 0.3) is 0 Å². The molecule has 0 heterocycles. The highest BCUT2D eigenvalue weighted by Gasteiger charge is 2.56. The minimum atomic E-state index is -1.79. The summed E-state index contributed by atoms with van der Waals surface area (Å²) in [6.07, 6.45) is -1.13. The molecule has 2 atom stereocenters. The first kappa shape index (κ1) is 12.4. The number of Topliss-reactive ketones (excluding diaryl/α,β-unsaturated/α-hetero) is 2. The van der Waals surface area contributed by atoms with Crippen molar-refractivity contribution < 1.29 is 29.4 Å². The van der Waals surface area contributed by atoms with E-state index in [0.717, 1.165) is 13.8 Å². The van der Waals surface area contributed by atoms with E-state index in [0.29, 0.717) is 0 Å². The summed E-state index contributed by atoms with van der Waals surface area (Å²) >= 11 is 0. The van der Waals surface area contributed by atoms with Crippen LogP contribution in [0.4, 0.5) is 0 Å². The lowest BCUT2D eigenvalue weighted by atomic mass is 9.63. The van der Waals surface area contributed by atoms with Gasteiger partial charge in [0.1, 0.15) is 10.8 Å². The average molecular weight is 228 g/mol. The molecular weight excluding hydrogens is 216 g/mol. The number of aliphatic carboxylic acids is 2. The van der Waals surface area contributed by atoms with E-state index in [9.17, 15) is 19.2 Å². The Morgan fingerprint density at radius 1 is 0.938 bits per heavy atom. The molecule has 6 heteroatoms. The van der Waals surface area contributed by atoms with Crippen LogP contribution in [0.1, 0.15) is 26.7 Å². The third-order valence-corrected chi connectivity index (χ3v) is 3.20. The van der Waals surface area contributed by atoms with Gasteiger partial charge in [-0.2, -0.15) is 0 Å².